The largest absolute Gasteiger partial charge is 0.288 e. The molecule has 0 saturated carbocycles. The first kappa shape index (κ1) is 8.21. The third-order valence-electron chi connectivity index (χ3n) is 1.18. The van der Waals surface area contributed by atoms with Gasteiger partial charge in [0.15, 0.2) is 5.78 Å². The predicted molar refractivity (Wildman–Crippen MR) is 48.1 cm³/mol. The highest BCUT2D eigenvalue weighted by Crippen LogP contribution is 2.10. The van der Waals surface area contributed by atoms with Crippen molar-refractivity contribution >= 4 is 17.1 Å². The standard InChI is InChI=1S/C9H10OS/c1-7(2)6-8(10)9-4-3-5-11-9/h3-6H,1-2H3. The van der Waals surface area contributed by atoms with E-state index in [0.717, 1.165) is 10.5 Å². The lowest BCUT2D eigenvalue weighted by molar-refractivity contribution is 0.105. The van der Waals surface area contributed by atoms with Crippen LogP contribution >= 0.6 is 11.3 Å². The summed E-state index contributed by atoms with van der Waals surface area (Å²) in [7, 11) is 0. The maximum absolute atomic E-state index is 11.3. The van der Waals surface area contributed by atoms with Crippen LogP contribution in [0.1, 0.15) is 23.5 Å². The highest BCUT2D eigenvalue weighted by atomic mass is 32.1. The fraction of sp³-hybridized carbons (Fsp3) is 0.222. The van der Waals surface area contributed by atoms with Gasteiger partial charge in [-0.25, -0.2) is 0 Å². The second-order valence-corrected chi connectivity index (χ2v) is 3.51. The maximum Gasteiger partial charge on any atom is 0.195 e. The van der Waals surface area contributed by atoms with Crippen LogP contribution in [0.5, 0.6) is 0 Å². The van der Waals surface area contributed by atoms with Crippen molar-refractivity contribution in [2.24, 2.45) is 0 Å². The van der Waals surface area contributed by atoms with Gasteiger partial charge in [0, 0.05) is 0 Å². The second-order valence-electron chi connectivity index (χ2n) is 2.56. The highest BCUT2D eigenvalue weighted by Gasteiger charge is 2.01. The summed E-state index contributed by atoms with van der Waals surface area (Å²) in [5.41, 5.74) is 1.04. The number of carbonyl (C=O) groups excluding carboxylic acids is 1. The average Bonchev–Trinajstić information content (AvgIpc) is 2.35. The molecule has 0 aliphatic rings. The fourth-order valence-electron chi connectivity index (χ4n) is 0.752. The average molecular weight is 166 g/mol. The third kappa shape index (κ3) is 2.31. The van der Waals surface area contributed by atoms with Crippen molar-refractivity contribution in [3.63, 3.8) is 0 Å². The summed E-state index contributed by atoms with van der Waals surface area (Å²) in [6.07, 6.45) is 1.66. The van der Waals surface area contributed by atoms with Crippen molar-refractivity contribution in [2.75, 3.05) is 0 Å². The van der Waals surface area contributed by atoms with E-state index in [0.29, 0.717) is 0 Å². The molecule has 0 saturated heterocycles. The molecule has 1 aromatic rings. The molecule has 0 aromatic carbocycles. The number of hydrogen-bond acceptors (Lipinski definition) is 2. The topological polar surface area (TPSA) is 17.1 Å². The molecule has 1 aromatic heterocycles. The lowest BCUT2D eigenvalue weighted by Crippen LogP contribution is -1.89. The molecule has 0 aliphatic carbocycles. The quantitative estimate of drug-likeness (QED) is 0.487. The molecule has 0 amide bonds. The van der Waals surface area contributed by atoms with E-state index >= 15 is 0 Å². The molecule has 2 heteroatoms. The van der Waals surface area contributed by atoms with Gasteiger partial charge < -0.3 is 0 Å². The minimum absolute atomic E-state index is 0.111. The maximum atomic E-state index is 11.3. The van der Waals surface area contributed by atoms with Crippen LogP contribution in [0.4, 0.5) is 0 Å². The normalized spacial score (nSPS) is 9.27. The Morgan fingerprint density at radius 1 is 1.55 bits per heavy atom. The summed E-state index contributed by atoms with van der Waals surface area (Å²) in [6.45, 7) is 3.84. The zero-order valence-corrected chi connectivity index (χ0v) is 7.44. The molecule has 11 heavy (non-hydrogen) atoms. The van der Waals surface area contributed by atoms with E-state index in [1.807, 2.05) is 31.4 Å². The van der Waals surface area contributed by atoms with Gasteiger partial charge in [0.1, 0.15) is 0 Å². The van der Waals surface area contributed by atoms with Gasteiger partial charge in [-0.3, -0.25) is 4.79 Å². The lowest BCUT2D eigenvalue weighted by atomic mass is 10.2. The van der Waals surface area contributed by atoms with Crippen LogP contribution in [0.2, 0.25) is 0 Å². The Morgan fingerprint density at radius 2 is 2.27 bits per heavy atom. The summed E-state index contributed by atoms with van der Waals surface area (Å²) < 4.78 is 0. The Labute approximate surface area is 70.4 Å². The first-order valence-corrected chi connectivity index (χ1v) is 4.31. The van der Waals surface area contributed by atoms with Crippen molar-refractivity contribution in [3.8, 4) is 0 Å². The van der Waals surface area contributed by atoms with Crippen LogP contribution in [0.3, 0.4) is 0 Å². The number of ketones is 1. The molecule has 0 fully saturated rings. The SMILES string of the molecule is CC(C)=CC(=O)c1cccs1. The number of carbonyl (C=O) groups is 1. The molecular weight excluding hydrogens is 156 g/mol. The highest BCUT2D eigenvalue weighted by molar-refractivity contribution is 7.12. The first-order chi connectivity index (χ1) is 5.20. The van der Waals surface area contributed by atoms with Gasteiger partial charge in [-0.1, -0.05) is 11.6 Å². The van der Waals surface area contributed by atoms with Gasteiger partial charge in [-0.05, 0) is 31.4 Å². The van der Waals surface area contributed by atoms with Crippen LogP contribution in [-0.2, 0) is 0 Å². The Balaban J connectivity index is 2.80. The summed E-state index contributed by atoms with van der Waals surface area (Å²) >= 11 is 1.48. The molecule has 0 radical (unpaired) electrons. The zero-order chi connectivity index (χ0) is 8.27. The van der Waals surface area contributed by atoms with E-state index in [-0.39, 0.29) is 5.78 Å². The monoisotopic (exact) mass is 166 g/mol. The van der Waals surface area contributed by atoms with Crippen molar-refractivity contribution < 1.29 is 4.79 Å². The van der Waals surface area contributed by atoms with Crippen LogP contribution in [0, 0.1) is 0 Å². The molecule has 0 aliphatic heterocycles. The van der Waals surface area contributed by atoms with Crippen LogP contribution < -0.4 is 0 Å². The number of allylic oxidation sites excluding steroid dienone is 2. The van der Waals surface area contributed by atoms with E-state index in [1.54, 1.807) is 6.08 Å². The molecule has 0 unspecified atom stereocenters. The molecule has 0 bridgehead atoms. The molecule has 1 nitrogen and oxygen atoms in total. The van der Waals surface area contributed by atoms with Gasteiger partial charge >= 0.3 is 0 Å². The van der Waals surface area contributed by atoms with Crippen molar-refractivity contribution in [1.82, 2.24) is 0 Å². The number of thiophene rings is 1. The first-order valence-electron chi connectivity index (χ1n) is 3.43. The molecule has 0 N–H and O–H groups in total. The van der Waals surface area contributed by atoms with Crippen molar-refractivity contribution in [2.45, 2.75) is 13.8 Å². The Kier molecular flexibility index (Phi) is 2.60. The molecule has 1 heterocycles. The van der Waals surface area contributed by atoms with Gasteiger partial charge in [-0.2, -0.15) is 0 Å². The van der Waals surface area contributed by atoms with Crippen LogP contribution in [0.25, 0.3) is 0 Å². The molecule has 1 rings (SSSR count). The fourth-order valence-corrected chi connectivity index (χ4v) is 1.39. The third-order valence-corrected chi connectivity index (χ3v) is 2.07. The zero-order valence-electron chi connectivity index (χ0n) is 6.63. The summed E-state index contributed by atoms with van der Waals surface area (Å²) in [5, 5.41) is 1.91. The number of hydrogen-bond donors (Lipinski definition) is 0. The Bertz CT molecular complexity index is 266. The van der Waals surface area contributed by atoms with E-state index < -0.39 is 0 Å². The van der Waals surface area contributed by atoms with E-state index in [1.165, 1.54) is 11.3 Å². The Morgan fingerprint density at radius 3 is 2.73 bits per heavy atom. The van der Waals surface area contributed by atoms with E-state index in [9.17, 15) is 4.79 Å². The summed E-state index contributed by atoms with van der Waals surface area (Å²) in [5.74, 6) is 0.111. The molecule has 0 spiro atoms. The van der Waals surface area contributed by atoms with E-state index in [2.05, 4.69) is 0 Å². The lowest BCUT2D eigenvalue weighted by Gasteiger charge is -1.88. The molecule has 0 atom stereocenters. The predicted octanol–water partition coefficient (Wildman–Crippen LogP) is 2.90. The van der Waals surface area contributed by atoms with Crippen molar-refractivity contribution in [3.05, 3.63) is 34.0 Å². The van der Waals surface area contributed by atoms with E-state index in [4.69, 9.17) is 0 Å². The molecular formula is C9H10OS. The molecule has 58 valence electrons. The minimum Gasteiger partial charge on any atom is -0.288 e. The number of rotatable bonds is 2. The summed E-state index contributed by atoms with van der Waals surface area (Å²) in [4.78, 5) is 12.1. The van der Waals surface area contributed by atoms with Crippen LogP contribution in [-0.4, -0.2) is 5.78 Å². The van der Waals surface area contributed by atoms with Gasteiger partial charge in [0.2, 0.25) is 0 Å². The smallest absolute Gasteiger partial charge is 0.195 e. The van der Waals surface area contributed by atoms with Gasteiger partial charge in [0.05, 0.1) is 4.88 Å². The minimum atomic E-state index is 0.111. The van der Waals surface area contributed by atoms with Gasteiger partial charge in [0.25, 0.3) is 0 Å². The summed E-state index contributed by atoms with van der Waals surface area (Å²) in [6, 6.07) is 3.73. The Hall–Kier alpha value is -0.890. The second kappa shape index (κ2) is 3.49. The van der Waals surface area contributed by atoms with Crippen molar-refractivity contribution in [1.29, 1.82) is 0 Å². The van der Waals surface area contributed by atoms with Crippen LogP contribution in [0.15, 0.2) is 29.2 Å². The van der Waals surface area contributed by atoms with Gasteiger partial charge in [-0.15, -0.1) is 11.3 Å².